The van der Waals surface area contributed by atoms with Crippen LogP contribution in [0.4, 0.5) is 5.69 Å². The lowest BCUT2D eigenvalue weighted by molar-refractivity contribution is -0.139. The summed E-state index contributed by atoms with van der Waals surface area (Å²) in [6, 6.07) is 20.1. The molecule has 1 aromatic heterocycles. The summed E-state index contributed by atoms with van der Waals surface area (Å²) in [6.07, 6.45) is 1.80. The van der Waals surface area contributed by atoms with Crippen LogP contribution >= 0.6 is 22.9 Å². The van der Waals surface area contributed by atoms with Crippen molar-refractivity contribution in [3.8, 4) is 11.5 Å². The molecule has 0 amide bonds. The van der Waals surface area contributed by atoms with E-state index in [9.17, 15) is 9.59 Å². The van der Waals surface area contributed by atoms with E-state index in [2.05, 4.69) is 4.99 Å². The van der Waals surface area contributed by atoms with E-state index in [1.165, 1.54) is 11.3 Å². The number of ether oxygens (including phenoxy) is 3. The van der Waals surface area contributed by atoms with Crippen LogP contribution < -0.4 is 29.3 Å². The van der Waals surface area contributed by atoms with E-state index in [0.717, 1.165) is 22.4 Å². The van der Waals surface area contributed by atoms with Gasteiger partial charge in [0.2, 0.25) is 0 Å². The Morgan fingerprint density at radius 2 is 1.79 bits per heavy atom. The lowest BCUT2D eigenvalue weighted by Crippen LogP contribution is -2.39. The number of hydrogen-bond donors (Lipinski definition) is 0. The van der Waals surface area contributed by atoms with E-state index >= 15 is 0 Å². The number of aromatic nitrogens is 1. The molecule has 1 aliphatic heterocycles. The van der Waals surface area contributed by atoms with Gasteiger partial charge in [0.25, 0.3) is 5.56 Å². The second kappa shape index (κ2) is 12.9. The van der Waals surface area contributed by atoms with Gasteiger partial charge in [0.1, 0.15) is 6.61 Å². The first-order valence-electron chi connectivity index (χ1n) is 13.7. The maximum Gasteiger partial charge on any atom is 0.338 e. The maximum atomic E-state index is 13.9. The molecule has 0 bridgehead atoms. The number of carbonyl (C=O) groups is 1. The van der Waals surface area contributed by atoms with Crippen molar-refractivity contribution in [1.82, 2.24) is 4.57 Å². The fourth-order valence-electron chi connectivity index (χ4n) is 4.85. The molecule has 1 aliphatic rings. The summed E-state index contributed by atoms with van der Waals surface area (Å²) in [6.45, 7) is 4.10. The van der Waals surface area contributed by atoms with Crippen LogP contribution in [0.5, 0.6) is 11.5 Å². The Morgan fingerprint density at radius 1 is 1.07 bits per heavy atom. The lowest BCUT2D eigenvalue weighted by atomic mass is 9.95. The van der Waals surface area contributed by atoms with E-state index in [0.29, 0.717) is 43.7 Å². The first-order chi connectivity index (χ1) is 20.7. The summed E-state index contributed by atoms with van der Waals surface area (Å²) >= 11 is 7.25. The predicted molar refractivity (Wildman–Crippen MR) is 170 cm³/mol. The third-order valence-corrected chi connectivity index (χ3v) is 8.27. The van der Waals surface area contributed by atoms with Crippen molar-refractivity contribution in [3.05, 3.63) is 119 Å². The molecule has 8 nitrogen and oxygen atoms in total. The zero-order valence-corrected chi connectivity index (χ0v) is 26.2. The summed E-state index contributed by atoms with van der Waals surface area (Å²) in [7, 11) is 5.49. The van der Waals surface area contributed by atoms with Crippen molar-refractivity contribution in [2.45, 2.75) is 26.5 Å². The van der Waals surface area contributed by atoms with Gasteiger partial charge in [-0.1, -0.05) is 53.3 Å². The number of anilines is 1. The van der Waals surface area contributed by atoms with Crippen LogP contribution in [0.3, 0.4) is 0 Å². The van der Waals surface area contributed by atoms with Crippen molar-refractivity contribution >= 4 is 40.7 Å². The maximum absolute atomic E-state index is 13.9. The number of allylic oxidation sites excluding steroid dienone is 1. The van der Waals surface area contributed by atoms with Crippen LogP contribution in [0, 0.1) is 0 Å². The van der Waals surface area contributed by atoms with Crippen LogP contribution in [0.25, 0.3) is 6.08 Å². The van der Waals surface area contributed by atoms with Crippen molar-refractivity contribution < 1.29 is 19.0 Å². The van der Waals surface area contributed by atoms with Gasteiger partial charge in [0.05, 0.1) is 35.6 Å². The molecule has 0 spiro atoms. The molecule has 0 saturated carbocycles. The van der Waals surface area contributed by atoms with Gasteiger partial charge >= 0.3 is 5.97 Å². The monoisotopic (exact) mass is 617 g/mol. The van der Waals surface area contributed by atoms with Gasteiger partial charge in [-0.2, -0.15) is 0 Å². The largest absolute Gasteiger partial charge is 0.493 e. The smallest absolute Gasteiger partial charge is 0.338 e. The minimum atomic E-state index is -0.674. The lowest BCUT2D eigenvalue weighted by Gasteiger charge is -2.25. The number of methoxy groups -OCH3 is 1. The molecule has 0 unspecified atom stereocenters. The topological polar surface area (TPSA) is 82.4 Å². The minimum absolute atomic E-state index is 0.216. The van der Waals surface area contributed by atoms with E-state index in [-0.39, 0.29) is 12.2 Å². The fraction of sp³-hybridized carbons (Fsp3) is 0.242. The first-order valence-corrected chi connectivity index (χ1v) is 14.9. The van der Waals surface area contributed by atoms with Gasteiger partial charge in [-0.15, -0.1) is 0 Å². The van der Waals surface area contributed by atoms with E-state index in [1.807, 2.05) is 85.7 Å². The molecular formula is C33H32ClN3O5S. The highest BCUT2D eigenvalue weighted by molar-refractivity contribution is 7.07. The highest BCUT2D eigenvalue weighted by atomic mass is 35.5. The van der Waals surface area contributed by atoms with Crippen molar-refractivity contribution in [3.63, 3.8) is 0 Å². The Kier molecular flexibility index (Phi) is 9.03. The number of hydrogen-bond acceptors (Lipinski definition) is 8. The molecule has 10 heteroatoms. The Hall–Kier alpha value is -4.34. The fourth-order valence-corrected chi connectivity index (χ4v) is 6.02. The molecule has 0 N–H and O–H groups in total. The molecule has 1 atom stereocenters. The summed E-state index contributed by atoms with van der Waals surface area (Å²) in [5.41, 5.74) is 4.15. The average molecular weight is 618 g/mol. The molecule has 2 heterocycles. The Bertz CT molecular complexity index is 1860. The van der Waals surface area contributed by atoms with Crippen LogP contribution in [-0.4, -0.2) is 38.3 Å². The summed E-state index contributed by atoms with van der Waals surface area (Å²) in [4.78, 5) is 34.3. The molecule has 5 rings (SSSR count). The summed E-state index contributed by atoms with van der Waals surface area (Å²) in [5.74, 6) is 0.625. The Labute approximate surface area is 258 Å². The number of carbonyl (C=O) groups excluding carboxylic acids is 1. The number of nitrogens with zero attached hydrogens (tertiary/aromatic N) is 3. The van der Waals surface area contributed by atoms with Gasteiger partial charge < -0.3 is 19.1 Å². The van der Waals surface area contributed by atoms with Gasteiger partial charge in [0.15, 0.2) is 16.3 Å². The van der Waals surface area contributed by atoms with Crippen LogP contribution in [0.2, 0.25) is 5.02 Å². The number of benzene rings is 3. The highest BCUT2D eigenvalue weighted by Crippen LogP contribution is 2.32. The molecular weight excluding hydrogens is 586 g/mol. The Morgan fingerprint density at radius 3 is 2.44 bits per heavy atom. The molecule has 43 heavy (non-hydrogen) atoms. The number of thiazole rings is 1. The van der Waals surface area contributed by atoms with Crippen LogP contribution in [0.15, 0.2) is 87.8 Å². The third kappa shape index (κ3) is 6.38. The Balaban J connectivity index is 1.54. The van der Waals surface area contributed by atoms with Crippen LogP contribution in [-0.2, 0) is 16.1 Å². The normalized spacial score (nSPS) is 14.7. The predicted octanol–water partition coefficient (Wildman–Crippen LogP) is 5.11. The highest BCUT2D eigenvalue weighted by Gasteiger charge is 2.33. The van der Waals surface area contributed by atoms with E-state index in [4.69, 9.17) is 25.8 Å². The average Bonchev–Trinajstić information content (AvgIpc) is 3.30. The van der Waals surface area contributed by atoms with Gasteiger partial charge in [-0.3, -0.25) is 9.36 Å². The third-order valence-electron chi connectivity index (χ3n) is 7.04. The van der Waals surface area contributed by atoms with E-state index in [1.54, 1.807) is 31.6 Å². The molecule has 4 aromatic rings. The van der Waals surface area contributed by atoms with Gasteiger partial charge in [-0.25, -0.2) is 9.79 Å². The standard InChI is InChI=1S/C33H32ClN3O5S/c1-6-41-32(39)29-20(2)35-33-37(30(29)23-10-14-25(15-11-23)36(3)4)31(38)28(43-33)18-22-9-16-26(27(17-22)40-5)42-19-21-7-12-24(34)13-8-21/h7-18,30H,6,19H2,1-5H3/b28-18-/t30-/m1/s1. The molecule has 0 fully saturated rings. The van der Waals surface area contributed by atoms with Gasteiger partial charge in [0, 0.05) is 24.8 Å². The minimum Gasteiger partial charge on any atom is -0.493 e. The second-order valence-electron chi connectivity index (χ2n) is 10.1. The second-order valence-corrected chi connectivity index (χ2v) is 11.6. The summed E-state index contributed by atoms with van der Waals surface area (Å²) in [5, 5.41) is 0.664. The number of fused-ring (bicyclic) bond motifs is 1. The summed E-state index contributed by atoms with van der Waals surface area (Å²) < 4.78 is 19.0. The zero-order chi connectivity index (χ0) is 30.7. The van der Waals surface area contributed by atoms with Gasteiger partial charge in [-0.05, 0) is 73.0 Å². The molecule has 0 saturated heterocycles. The van der Waals surface area contributed by atoms with E-state index < -0.39 is 12.0 Å². The number of esters is 1. The number of halogens is 1. The number of rotatable bonds is 9. The zero-order valence-electron chi connectivity index (χ0n) is 24.6. The van der Waals surface area contributed by atoms with Crippen molar-refractivity contribution in [1.29, 1.82) is 0 Å². The molecule has 0 aliphatic carbocycles. The quantitative estimate of drug-likeness (QED) is 0.243. The SMILES string of the molecule is CCOC(=O)C1=C(C)N=c2s/c(=C\c3ccc(OCc4ccc(Cl)cc4)c(OC)c3)c(=O)n2[C@@H]1c1ccc(N(C)C)cc1. The molecule has 222 valence electrons. The molecule has 0 radical (unpaired) electrons. The van der Waals surface area contributed by atoms with Crippen molar-refractivity contribution in [2.24, 2.45) is 4.99 Å². The molecule has 3 aromatic carbocycles. The van der Waals surface area contributed by atoms with Crippen molar-refractivity contribution in [2.75, 3.05) is 32.7 Å². The van der Waals surface area contributed by atoms with Crippen LogP contribution in [0.1, 0.15) is 36.6 Å². The first kappa shape index (κ1) is 30.1.